The standard InChI is InChI=1S/C6H4O2S.C2H6O/c7-1-5-3-9-4-6(5)2-8;1-3-2/h1-4H;1-2H3. The van der Waals surface area contributed by atoms with Crippen LogP contribution in [-0.4, -0.2) is 26.8 Å². The lowest BCUT2D eigenvalue weighted by Crippen LogP contribution is -1.81. The Morgan fingerprint density at radius 1 is 1.17 bits per heavy atom. The van der Waals surface area contributed by atoms with Gasteiger partial charge in [0.05, 0.1) is 0 Å². The van der Waals surface area contributed by atoms with E-state index in [2.05, 4.69) is 4.74 Å². The van der Waals surface area contributed by atoms with Gasteiger partial charge in [0.25, 0.3) is 0 Å². The summed E-state index contributed by atoms with van der Waals surface area (Å²) in [5, 5.41) is 3.30. The van der Waals surface area contributed by atoms with Gasteiger partial charge in [-0.25, -0.2) is 0 Å². The number of carbonyl (C=O) groups is 2. The summed E-state index contributed by atoms with van der Waals surface area (Å²) in [6.45, 7) is 0. The lowest BCUT2D eigenvalue weighted by atomic mass is 10.2. The topological polar surface area (TPSA) is 43.4 Å². The highest BCUT2D eigenvalue weighted by Crippen LogP contribution is 2.09. The van der Waals surface area contributed by atoms with E-state index in [9.17, 15) is 9.59 Å². The van der Waals surface area contributed by atoms with Gasteiger partial charge in [0.15, 0.2) is 12.6 Å². The van der Waals surface area contributed by atoms with E-state index in [4.69, 9.17) is 0 Å². The van der Waals surface area contributed by atoms with Gasteiger partial charge in [-0.1, -0.05) is 0 Å². The van der Waals surface area contributed by atoms with E-state index in [1.807, 2.05) is 0 Å². The number of methoxy groups -OCH3 is 1. The fraction of sp³-hybridized carbons (Fsp3) is 0.250. The Morgan fingerprint density at radius 2 is 1.50 bits per heavy atom. The Balaban J connectivity index is 0.000000354. The van der Waals surface area contributed by atoms with E-state index in [0.717, 1.165) is 0 Å². The highest BCUT2D eigenvalue weighted by atomic mass is 32.1. The first-order chi connectivity index (χ1) is 5.79. The predicted octanol–water partition coefficient (Wildman–Crippen LogP) is 1.64. The molecule has 1 rings (SSSR count). The van der Waals surface area contributed by atoms with E-state index < -0.39 is 0 Å². The maximum absolute atomic E-state index is 10.1. The predicted molar refractivity (Wildman–Crippen MR) is 48.0 cm³/mol. The van der Waals surface area contributed by atoms with Crippen molar-refractivity contribution < 1.29 is 14.3 Å². The van der Waals surface area contributed by atoms with E-state index >= 15 is 0 Å². The third-order valence-electron chi connectivity index (χ3n) is 0.977. The summed E-state index contributed by atoms with van der Waals surface area (Å²) in [6, 6.07) is 0. The molecule has 0 saturated heterocycles. The molecule has 0 amide bonds. The average molecular weight is 186 g/mol. The van der Waals surface area contributed by atoms with Crippen LogP contribution in [0.2, 0.25) is 0 Å². The van der Waals surface area contributed by atoms with Crippen molar-refractivity contribution in [3.05, 3.63) is 21.9 Å². The van der Waals surface area contributed by atoms with Crippen molar-refractivity contribution in [1.82, 2.24) is 0 Å². The van der Waals surface area contributed by atoms with Crippen LogP contribution in [0.5, 0.6) is 0 Å². The second kappa shape index (κ2) is 6.69. The van der Waals surface area contributed by atoms with Gasteiger partial charge in [-0.2, -0.15) is 11.3 Å². The molecular formula is C8H10O3S. The zero-order valence-electron chi connectivity index (χ0n) is 6.94. The van der Waals surface area contributed by atoms with Crippen molar-refractivity contribution in [3.8, 4) is 0 Å². The van der Waals surface area contributed by atoms with Crippen LogP contribution in [0.3, 0.4) is 0 Å². The molecule has 66 valence electrons. The molecule has 4 heteroatoms. The number of hydrogen-bond acceptors (Lipinski definition) is 4. The summed E-state index contributed by atoms with van der Waals surface area (Å²) in [7, 11) is 3.25. The number of hydrogen-bond donors (Lipinski definition) is 0. The van der Waals surface area contributed by atoms with Crippen LogP contribution < -0.4 is 0 Å². The molecule has 0 aliphatic carbocycles. The second-order valence-electron chi connectivity index (χ2n) is 1.93. The van der Waals surface area contributed by atoms with Crippen molar-refractivity contribution in [2.24, 2.45) is 0 Å². The van der Waals surface area contributed by atoms with Crippen LogP contribution >= 0.6 is 11.3 Å². The lowest BCUT2D eigenvalue weighted by Gasteiger charge is -1.78. The van der Waals surface area contributed by atoms with Gasteiger partial charge in [-0.3, -0.25) is 9.59 Å². The van der Waals surface area contributed by atoms with Gasteiger partial charge in [-0.05, 0) is 0 Å². The summed E-state index contributed by atoms with van der Waals surface area (Å²) in [5.74, 6) is 0. The fourth-order valence-electron chi connectivity index (χ4n) is 0.508. The molecule has 0 aliphatic rings. The second-order valence-corrected chi connectivity index (χ2v) is 2.67. The summed E-state index contributed by atoms with van der Waals surface area (Å²) >= 11 is 1.35. The summed E-state index contributed by atoms with van der Waals surface area (Å²) in [6.07, 6.45) is 1.36. The molecule has 0 spiro atoms. The molecule has 12 heavy (non-hydrogen) atoms. The number of thiophene rings is 1. The first kappa shape index (κ1) is 11.0. The molecule has 0 unspecified atom stereocenters. The monoisotopic (exact) mass is 186 g/mol. The van der Waals surface area contributed by atoms with Crippen molar-refractivity contribution in [2.75, 3.05) is 14.2 Å². The Hall–Kier alpha value is -1.00. The SMILES string of the molecule is COC.O=Cc1cscc1C=O. The number of rotatable bonds is 2. The molecule has 0 bridgehead atoms. The van der Waals surface area contributed by atoms with Crippen molar-refractivity contribution in [3.63, 3.8) is 0 Å². The molecule has 0 N–H and O–H groups in total. The molecular weight excluding hydrogens is 176 g/mol. The lowest BCUT2D eigenvalue weighted by molar-refractivity contribution is 0.109. The zero-order valence-corrected chi connectivity index (χ0v) is 7.76. The van der Waals surface area contributed by atoms with Crippen LogP contribution in [0.25, 0.3) is 0 Å². The highest BCUT2D eigenvalue weighted by molar-refractivity contribution is 7.08. The van der Waals surface area contributed by atoms with Crippen LogP contribution in [0.4, 0.5) is 0 Å². The molecule has 0 atom stereocenters. The van der Waals surface area contributed by atoms with Crippen LogP contribution in [0, 0.1) is 0 Å². The molecule has 1 aromatic heterocycles. The minimum absolute atomic E-state index is 0.481. The van der Waals surface area contributed by atoms with E-state index in [0.29, 0.717) is 23.7 Å². The maximum Gasteiger partial charge on any atom is 0.151 e. The highest BCUT2D eigenvalue weighted by Gasteiger charge is 1.98. The molecule has 0 aliphatic heterocycles. The maximum atomic E-state index is 10.1. The van der Waals surface area contributed by atoms with Gasteiger partial charge in [0.1, 0.15) is 0 Å². The van der Waals surface area contributed by atoms with Crippen LogP contribution in [0.1, 0.15) is 20.7 Å². The molecule has 3 nitrogen and oxygen atoms in total. The van der Waals surface area contributed by atoms with Gasteiger partial charge >= 0.3 is 0 Å². The van der Waals surface area contributed by atoms with E-state index in [-0.39, 0.29) is 0 Å². The largest absolute Gasteiger partial charge is 0.388 e. The summed E-state index contributed by atoms with van der Waals surface area (Å²) in [4.78, 5) is 20.2. The Labute approximate surface area is 75.0 Å². The quantitative estimate of drug-likeness (QED) is 0.659. The first-order valence-corrected chi connectivity index (χ1v) is 4.11. The molecule has 1 aromatic rings. The zero-order chi connectivity index (χ0) is 9.40. The van der Waals surface area contributed by atoms with Crippen LogP contribution in [0.15, 0.2) is 10.8 Å². The third kappa shape index (κ3) is 3.41. The minimum atomic E-state index is 0.481. The smallest absolute Gasteiger partial charge is 0.151 e. The molecule has 0 saturated carbocycles. The number of ether oxygens (including phenoxy) is 1. The Morgan fingerprint density at radius 3 is 1.75 bits per heavy atom. The van der Waals surface area contributed by atoms with Gasteiger partial charge in [0, 0.05) is 36.1 Å². The van der Waals surface area contributed by atoms with Crippen molar-refractivity contribution in [1.29, 1.82) is 0 Å². The number of carbonyl (C=O) groups excluding carboxylic acids is 2. The van der Waals surface area contributed by atoms with Gasteiger partial charge < -0.3 is 4.74 Å². The van der Waals surface area contributed by atoms with Gasteiger partial charge in [-0.15, -0.1) is 0 Å². The minimum Gasteiger partial charge on any atom is -0.388 e. The number of aldehydes is 2. The Kier molecular flexibility index (Phi) is 6.14. The summed E-state index contributed by atoms with van der Waals surface area (Å²) < 4.78 is 4.25. The molecule has 0 aromatic carbocycles. The summed E-state index contributed by atoms with van der Waals surface area (Å²) in [5.41, 5.74) is 0.963. The fourth-order valence-corrected chi connectivity index (χ4v) is 1.25. The molecule has 1 heterocycles. The normalized spacial score (nSPS) is 8.17. The molecule has 0 fully saturated rings. The average Bonchev–Trinajstić information content (AvgIpc) is 2.52. The van der Waals surface area contributed by atoms with Crippen molar-refractivity contribution in [2.45, 2.75) is 0 Å². The van der Waals surface area contributed by atoms with E-state index in [1.165, 1.54) is 11.3 Å². The molecule has 0 radical (unpaired) electrons. The Bertz CT molecular complexity index is 220. The van der Waals surface area contributed by atoms with Crippen molar-refractivity contribution >= 4 is 23.9 Å². The van der Waals surface area contributed by atoms with Gasteiger partial charge in [0.2, 0.25) is 0 Å². The van der Waals surface area contributed by atoms with E-state index in [1.54, 1.807) is 25.0 Å². The first-order valence-electron chi connectivity index (χ1n) is 3.16. The van der Waals surface area contributed by atoms with Crippen LogP contribution in [-0.2, 0) is 4.74 Å². The third-order valence-corrected chi connectivity index (χ3v) is 1.76.